The van der Waals surface area contributed by atoms with Crippen LogP contribution in [0.2, 0.25) is 0 Å². The predicted molar refractivity (Wildman–Crippen MR) is 105 cm³/mol. The van der Waals surface area contributed by atoms with Gasteiger partial charge in [-0.2, -0.15) is 20.3 Å². The van der Waals surface area contributed by atoms with Gasteiger partial charge in [-0.1, -0.05) is 12.1 Å². The van der Waals surface area contributed by atoms with Crippen molar-refractivity contribution in [3.63, 3.8) is 0 Å². The Morgan fingerprint density at radius 1 is 1.10 bits per heavy atom. The lowest BCUT2D eigenvalue weighted by atomic mass is 10.2. The molecule has 0 atom stereocenters. The molecule has 0 saturated carbocycles. The quantitative estimate of drug-likeness (QED) is 0.470. The van der Waals surface area contributed by atoms with Gasteiger partial charge in [0.15, 0.2) is 17.0 Å². The van der Waals surface area contributed by atoms with Crippen LogP contribution in [0.5, 0.6) is 5.75 Å². The summed E-state index contributed by atoms with van der Waals surface area (Å²) < 4.78 is 8.75. The van der Waals surface area contributed by atoms with Crippen LogP contribution in [0.25, 0.3) is 27.9 Å². The molecule has 5 rings (SSSR count). The van der Waals surface area contributed by atoms with Crippen molar-refractivity contribution in [1.29, 1.82) is 5.26 Å². The van der Waals surface area contributed by atoms with Crippen molar-refractivity contribution in [2.75, 3.05) is 7.11 Å². The van der Waals surface area contributed by atoms with Gasteiger partial charge in [0.05, 0.1) is 31.7 Å². The highest BCUT2D eigenvalue weighted by atomic mass is 16.5. The molecule has 9 nitrogen and oxygen atoms in total. The van der Waals surface area contributed by atoms with Crippen molar-refractivity contribution in [2.45, 2.75) is 6.54 Å². The molecule has 1 aromatic carbocycles. The second-order valence-corrected chi connectivity index (χ2v) is 6.37. The Balaban J connectivity index is 1.65. The fraction of sp³-hybridized carbons (Fsp3) is 0.100. The van der Waals surface area contributed by atoms with E-state index in [-0.39, 0.29) is 5.82 Å². The summed E-state index contributed by atoms with van der Waals surface area (Å²) in [6.45, 7) is 0.547. The average Bonchev–Trinajstić information content (AvgIpc) is 3.38. The van der Waals surface area contributed by atoms with Gasteiger partial charge in [-0.15, -0.1) is 0 Å². The Bertz CT molecular complexity index is 1380. The van der Waals surface area contributed by atoms with Crippen LogP contribution in [-0.2, 0) is 6.54 Å². The van der Waals surface area contributed by atoms with Crippen LogP contribution >= 0.6 is 0 Å². The number of imidazole rings is 1. The molecule has 4 heterocycles. The first kappa shape index (κ1) is 16.8. The van der Waals surface area contributed by atoms with Gasteiger partial charge in [0, 0.05) is 17.8 Å². The molecule has 0 radical (unpaired) electrons. The first-order valence-electron chi connectivity index (χ1n) is 8.81. The minimum absolute atomic E-state index is 0.0571. The number of nitriles is 1. The van der Waals surface area contributed by atoms with E-state index in [0.29, 0.717) is 23.5 Å². The number of hydrogen-bond donors (Lipinski definition) is 0. The van der Waals surface area contributed by atoms with Gasteiger partial charge in [-0.25, -0.2) is 9.67 Å². The summed E-state index contributed by atoms with van der Waals surface area (Å²) in [6, 6.07) is 11.6. The van der Waals surface area contributed by atoms with Gasteiger partial charge in [0.2, 0.25) is 5.82 Å². The number of fused-ring (bicyclic) bond motifs is 2. The number of pyridine rings is 1. The SMILES string of the molecule is COc1ccc(Cn2cnc3c(-n4ncc5cnccc54)nc(C#N)nc32)cc1. The second kappa shape index (κ2) is 6.69. The first-order valence-corrected chi connectivity index (χ1v) is 8.81. The van der Waals surface area contributed by atoms with E-state index in [9.17, 15) is 5.26 Å². The van der Waals surface area contributed by atoms with Crippen molar-refractivity contribution < 1.29 is 4.74 Å². The Morgan fingerprint density at radius 3 is 2.76 bits per heavy atom. The summed E-state index contributed by atoms with van der Waals surface area (Å²) in [5.74, 6) is 1.31. The molecule has 0 aliphatic rings. The predicted octanol–water partition coefficient (Wildman–Crippen LogP) is 2.49. The van der Waals surface area contributed by atoms with Crippen molar-refractivity contribution in [2.24, 2.45) is 0 Å². The number of hydrogen-bond acceptors (Lipinski definition) is 7. The van der Waals surface area contributed by atoms with Crippen LogP contribution in [0.1, 0.15) is 11.4 Å². The normalized spacial score (nSPS) is 11.0. The van der Waals surface area contributed by atoms with Crippen LogP contribution in [0.15, 0.2) is 55.2 Å². The summed E-state index contributed by atoms with van der Waals surface area (Å²) in [5.41, 5.74) is 3.02. The molecule has 0 aliphatic heterocycles. The maximum absolute atomic E-state index is 9.45. The molecule has 29 heavy (non-hydrogen) atoms. The third-order valence-electron chi connectivity index (χ3n) is 4.63. The maximum Gasteiger partial charge on any atom is 0.236 e. The van der Waals surface area contributed by atoms with Crippen LogP contribution in [0.4, 0.5) is 0 Å². The molecule has 9 heteroatoms. The number of rotatable bonds is 4. The smallest absolute Gasteiger partial charge is 0.236 e. The second-order valence-electron chi connectivity index (χ2n) is 6.37. The zero-order valence-corrected chi connectivity index (χ0v) is 15.4. The number of ether oxygens (including phenoxy) is 1. The Morgan fingerprint density at radius 2 is 1.97 bits per heavy atom. The van der Waals surface area contributed by atoms with Gasteiger partial charge in [-0.3, -0.25) is 4.98 Å². The van der Waals surface area contributed by atoms with Crippen molar-refractivity contribution >= 4 is 22.1 Å². The third kappa shape index (κ3) is 2.83. The zero-order chi connectivity index (χ0) is 19.8. The van der Waals surface area contributed by atoms with Crippen LogP contribution in [0, 0.1) is 11.3 Å². The van der Waals surface area contributed by atoms with Crippen LogP contribution in [-0.4, -0.2) is 41.4 Å². The summed E-state index contributed by atoms with van der Waals surface area (Å²) in [7, 11) is 1.63. The molecule has 0 N–H and O–H groups in total. The Labute approximate surface area is 164 Å². The average molecular weight is 382 g/mol. The molecule has 5 aromatic rings. The lowest BCUT2D eigenvalue weighted by molar-refractivity contribution is 0.414. The topological polar surface area (TPSA) is 107 Å². The van der Waals surface area contributed by atoms with Gasteiger partial charge >= 0.3 is 0 Å². The van der Waals surface area contributed by atoms with E-state index < -0.39 is 0 Å². The van der Waals surface area contributed by atoms with E-state index in [2.05, 4.69) is 25.0 Å². The molecular formula is C20H14N8O. The maximum atomic E-state index is 9.45. The van der Waals surface area contributed by atoms with Crippen molar-refractivity contribution in [1.82, 2.24) is 34.3 Å². The Kier molecular flexibility index (Phi) is 3.88. The third-order valence-corrected chi connectivity index (χ3v) is 4.63. The summed E-state index contributed by atoms with van der Waals surface area (Å²) in [6.07, 6.45) is 6.81. The summed E-state index contributed by atoms with van der Waals surface area (Å²) >= 11 is 0. The fourth-order valence-corrected chi connectivity index (χ4v) is 3.21. The number of methoxy groups -OCH3 is 1. The molecule has 4 aromatic heterocycles. The standard InChI is InChI=1S/C20H14N8O/c1-29-15-4-2-13(3-5-15)11-27-12-23-18-19(27)25-17(8-21)26-20(18)28-16-6-7-22-9-14(16)10-24-28/h2-7,9-10,12H,11H2,1H3. The number of benzene rings is 1. The monoisotopic (exact) mass is 382 g/mol. The Hall–Kier alpha value is -4.32. The van der Waals surface area contributed by atoms with Crippen LogP contribution in [0.3, 0.4) is 0 Å². The van der Waals surface area contributed by atoms with Gasteiger partial charge < -0.3 is 9.30 Å². The summed E-state index contributed by atoms with van der Waals surface area (Å²) in [5, 5.41) is 14.7. The molecular weight excluding hydrogens is 368 g/mol. The van der Waals surface area contributed by atoms with Gasteiger partial charge in [0.25, 0.3) is 0 Å². The molecule has 0 fully saturated rings. The molecule has 0 spiro atoms. The molecule has 0 saturated heterocycles. The number of aromatic nitrogens is 7. The van der Waals surface area contributed by atoms with Crippen molar-refractivity contribution in [3.05, 3.63) is 66.6 Å². The highest BCUT2D eigenvalue weighted by Gasteiger charge is 2.17. The zero-order valence-electron chi connectivity index (χ0n) is 15.4. The van der Waals surface area contributed by atoms with Crippen LogP contribution < -0.4 is 4.74 Å². The molecule has 140 valence electrons. The first-order chi connectivity index (χ1) is 14.3. The van der Waals surface area contributed by atoms with E-state index in [1.54, 1.807) is 36.7 Å². The largest absolute Gasteiger partial charge is 0.497 e. The van der Waals surface area contributed by atoms with Gasteiger partial charge in [-0.05, 0) is 23.8 Å². The lowest BCUT2D eigenvalue weighted by Gasteiger charge is -2.07. The molecule has 0 unspecified atom stereocenters. The number of nitrogens with zero attached hydrogens (tertiary/aromatic N) is 8. The lowest BCUT2D eigenvalue weighted by Crippen LogP contribution is -2.06. The minimum atomic E-state index is 0.0571. The minimum Gasteiger partial charge on any atom is -0.497 e. The van der Waals surface area contributed by atoms with E-state index in [0.717, 1.165) is 22.2 Å². The van der Waals surface area contributed by atoms with E-state index in [1.807, 2.05) is 41.0 Å². The highest BCUT2D eigenvalue weighted by Crippen LogP contribution is 2.23. The fourth-order valence-electron chi connectivity index (χ4n) is 3.21. The van der Waals surface area contributed by atoms with Gasteiger partial charge in [0.1, 0.15) is 11.8 Å². The summed E-state index contributed by atoms with van der Waals surface area (Å²) in [4.78, 5) is 17.4. The van der Waals surface area contributed by atoms with Crippen molar-refractivity contribution in [3.8, 4) is 17.6 Å². The van der Waals surface area contributed by atoms with E-state index >= 15 is 0 Å². The molecule has 0 aliphatic carbocycles. The van der Waals surface area contributed by atoms with E-state index in [1.165, 1.54) is 0 Å². The van der Waals surface area contributed by atoms with E-state index in [4.69, 9.17) is 4.74 Å². The highest BCUT2D eigenvalue weighted by molar-refractivity contribution is 5.84. The molecule has 0 amide bonds. The molecule has 0 bridgehead atoms.